The predicted molar refractivity (Wildman–Crippen MR) is 89.3 cm³/mol. The minimum absolute atomic E-state index is 0.135. The van der Waals surface area contributed by atoms with Crippen LogP contribution in [-0.4, -0.2) is 14.1 Å². The topological polar surface area (TPSA) is 55.7 Å². The van der Waals surface area contributed by atoms with Gasteiger partial charge in [-0.15, -0.1) is 0 Å². The largest absolute Gasteiger partial charge is 0.358 e. The molecule has 4 bridgehead atoms. The lowest BCUT2D eigenvalue weighted by atomic mass is 9.55. The Morgan fingerprint density at radius 2 is 1.57 bits per heavy atom. The Balaban J connectivity index is 1.54. The van der Waals surface area contributed by atoms with Gasteiger partial charge in [-0.05, 0) is 61.6 Å². The smallest absolute Gasteiger partial charge is 0.265 e. The van der Waals surface area contributed by atoms with Crippen LogP contribution in [-0.2, 0) is 14.4 Å². The van der Waals surface area contributed by atoms with E-state index in [1.165, 1.54) is 18.6 Å². The van der Waals surface area contributed by atoms with E-state index < -0.39 is 10.1 Å². The average Bonchev–Trinajstić information content (AvgIpc) is 2.53. The molecule has 23 heavy (non-hydrogen) atoms. The highest BCUT2D eigenvalue weighted by molar-refractivity contribution is 7.86. The van der Waals surface area contributed by atoms with E-state index in [2.05, 4.69) is 11.7 Å². The summed E-state index contributed by atoms with van der Waals surface area (Å²) in [5.41, 5.74) is 1.86. The van der Waals surface area contributed by atoms with Gasteiger partial charge in [0, 0.05) is 11.8 Å². The molecule has 0 heterocycles. The maximum absolute atomic E-state index is 12.3. The minimum atomic E-state index is -3.84. The summed E-state index contributed by atoms with van der Waals surface area (Å²) in [5.74, 6) is 2.51. The number of hydrogen-bond acceptors (Lipinski definition) is 4. The Kier molecular flexibility index (Phi) is 3.56. The summed E-state index contributed by atoms with van der Waals surface area (Å²) < 4.78 is 29.7. The summed E-state index contributed by atoms with van der Waals surface area (Å²) >= 11 is 0. The fourth-order valence-corrected chi connectivity index (χ4v) is 5.46. The van der Waals surface area contributed by atoms with Crippen LogP contribution in [0.15, 0.2) is 40.9 Å². The van der Waals surface area contributed by atoms with Crippen LogP contribution in [0.3, 0.4) is 0 Å². The summed E-state index contributed by atoms with van der Waals surface area (Å²) in [5, 5.41) is 4.12. The highest BCUT2D eigenvalue weighted by Crippen LogP contribution is 2.52. The lowest BCUT2D eigenvalue weighted by Crippen LogP contribution is -2.45. The van der Waals surface area contributed by atoms with Gasteiger partial charge in [-0.2, -0.15) is 8.42 Å². The predicted octanol–water partition coefficient (Wildman–Crippen LogP) is 3.85. The average molecular weight is 331 g/mol. The van der Waals surface area contributed by atoms with E-state index in [-0.39, 0.29) is 4.90 Å². The van der Waals surface area contributed by atoms with Gasteiger partial charge < -0.3 is 0 Å². The Morgan fingerprint density at radius 3 is 2.09 bits per heavy atom. The molecule has 4 saturated carbocycles. The maximum Gasteiger partial charge on any atom is 0.358 e. The summed E-state index contributed by atoms with van der Waals surface area (Å²) in [6.45, 7) is 3.66. The third kappa shape index (κ3) is 2.71. The van der Waals surface area contributed by atoms with Crippen molar-refractivity contribution in [2.24, 2.45) is 28.8 Å². The summed E-state index contributed by atoms with van der Waals surface area (Å²) in [6, 6.07) is 6.48. The second-order valence-corrected chi connectivity index (χ2v) is 8.65. The molecule has 5 heteroatoms. The van der Waals surface area contributed by atoms with Crippen molar-refractivity contribution in [3.8, 4) is 0 Å². The number of oxime groups is 1. The molecule has 0 N–H and O–H groups in total. The molecule has 4 fully saturated rings. The maximum atomic E-state index is 12.3. The number of rotatable bonds is 4. The van der Waals surface area contributed by atoms with Gasteiger partial charge in [0.25, 0.3) is 0 Å². The van der Waals surface area contributed by atoms with Crippen molar-refractivity contribution in [3.05, 3.63) is 36.4 Å². The first-order chi connectivity index (χ1) is 11.0. The van der Waals surface area contributed by atoms with Crippen LogP contribution in [0, 0.1) is 23.7 Å². The molecule has 0 spiro atoms. The van der Waals surface area contributed by atoms with Crippen molar-refractivity contribution in [1.82, 2.24) is 0 Å². The van der Waals surface area contributed by atoms with Gasteiger partial charge in [-0.1, -0.05) is 29.9 Å². The SMILES string of the molecule is C=Cc1ccc(S(=O)(=O)ON=C2C3CC4CC(C3)CC2C4)cc1. The van der Waals surface area contributed by atoms with Crippen LogP contribution in [0.1, 0.15) is 37.7 Å². The van der Waals surface area contributed by atoms with E-state index in [0.29, 0.717) is 11.8 Å². The summed E-state index contributed by atoms with van der Waals surface area (Å²) in [6.07, 6.45) is 7.65. The summed E-state index contributed by atoms with van der Waals surface area (Å²) in [7, 11) is -3.84. The molecule has 0 amide bonds. The molecule has 0 atom stereocenters. The van der Waals surface area contributed by atoms with Crippen molar-refractivity contribution < 1.29 is 12.7 Å². The zero-order valence-corrected chi connectivity index (χ0v) is 13.8. The van der Waals surface area contributed by atoms with Crippen molar-refractivity contribution in [1.29, 1.82) is 0 Å². The lowest BCUT2D eigenvalue weighted by molar-refractivity contribution is 0.104. The normalized spacial score (nSPS) is 31.9. The van der Waals surface area contributed by atoms with E-state index in [0.717, 1.165) is 48.8 Å². The number of benzene rings is 1. The molecule has 1 aromatic rings. The third-order valence-electron chi connectivity index (χ3n) is 5.62. The van der Waals surface area contributed by atoms with E-state index in [1.807, 2.05) is 0 Å². The Morgan fingerprint density at radius 1 is 1.00 bits per heavy atom. The van der Waals surface area contributed by atoms with E-state index >= 15 is 0 Å². The molecule has 0 radical (unpaired) electrons. The fraction of sp³-hybridized carbons (Fsp3) is 0.500. The second-order valence-electron chi connectivity index (χ2n) is 7.12. The van der Waals surface area contributed by atoms with Crippen LogP contribution in [0.2, 0.25) is 0 Å². The van der Waals surface area contributed by atoms with Crippen molar-refractivity contribution in [3.63, 3.8) is 0 Å². The zero-order chi connectivity index (χ0) is 16.0. The standard InChI is InChI=1S/C18H21NO3S/c1-2-12-3-5-17(6-4-12)23(20,21)22-19-18-15-8-13-7-14(10-15)11-16(18)9-13/h2-6,13-16H,1,7-11H2. The van der Waals surface area contributed by atoms with Gasteiger partial charge >= 0.3 is 10.1 Å². The Labute approximate surface area is 137 Å². The van der Waals surface area contributed by atoms with Gasteiger partial charge in [-0.3, -0.25) is 4.28 Å². The molecule has 4 nitrogen and oxygen atoms in total. The first kappa shape index (κ1) is 14.9. The van der Waals surface area contributed by atoms with E-state index in [4.69, 9.17) is 4.28 Å². The molecule has 1 aromatic carbocycles. The Hall–Kier alpha value is -1.62. The van der Waals surface area contributed by atoms with Crippen LogP contribution in [0.25, 0.3) is 6.08 Å². The molecular weight excluding hydrogens is 310 g/mol. The number of hydrogen-bond donors (Lipinski definition) is 0. The van der Waals surface area contributed by atoms with Crippen molar-refractivity contribution in [2.75, 3.05) is 0 Å². The molecule has 5 rings (SSSR count). The first-order valence-corrected chi connectivity index (χ1v) is 9.70. The van der Waals surface area contributed by atoms with Crippen molar-refractivity contribution >= 4 is 21.9 Å². The minimum Gasteiger partial charge on any atom is -0.265 e. The highest BCUT2D eigenvalue weighted by Gasteiger charge is 2.46. The molecular formula is C18H21NO3S. The fourth-order valence-electron chi connectivity index (χ4n) is 4.72. The molecule has 4 aliphatic rings. The molecule has 0 aliphatic heterocycles. The number of nitrogens with zero attached hydrogens (tertiary/aromatic N) is 1. The van der Waals surface area contributed by atoms with Crippen LogP contribution in [0.4, 0.5) is 0 Å². The third-order valence-corrected chi connectivity index (χ3v) is 6.74. The van der Waals surface area contributed by atoms with Crippen LogP contribution < -0.4 is 0 Å². The van der Waals surface area contributed by atoms with Crippen molar-refractivity contribution in [2.45, 2.75) is 37.0 Å². The lowest BCUT2D eigenvalue weighted by Gasteiger charge is -2.49. The highest BCUT2D eigenvalue weighted by atomic mass is 32.2. The van der Waals surface area contributed by atoms with Gasteiger partial charge in [0.1, 0.15) is 4.90 Å². The molecule has 4 aliphatic carbocycles. The second kappa shape index (κ2) is 5.48. The molecule has 0 aromatic heterocycles. The van der Waals surface area contributed by atoms with E-state index in [1.54, 1.807) is 18.2 Å². The zero-order valence-electron chi connectivity index (χ0n) is 13.0. The van der Waals surface area contributed by atoms with Crippen LogP contribution >= 0.6 is 0 Å². The molecule has 0 saturated heterocycles. The quantitative estimate of drug-likeness (QED) is 0.788. The van der Waals surface area contributed by atoms with Crippen LogP contribution in [0.5, 0.6) is 0 Å². The molecule has 0 unspecified atom stereocenters. The summed E-state index contributed by atoms with van der Waals surface area (Å²) in [4.78, 5) is 0.135. The first-order valence-electron chi connectivity index (χ1n) is 8.29. The van der Waals surface area contributed by atoms with Gasteiger partial charge in [0.05, 0.1) is 5.71 Å². The Bertz CT molecular complexity index is 719. The van der Waals surface area contributed by atoms with Gasteiger partial charge in [0.2, 0.25) is 0 Å². The van der Waals surface area contributed by atoms with Gasteiger partial charge in [0.15, 0.2) is 0 Å². The monoisotopic (exact) mass is 331 g/mol. The van der Waals surface area contributed by atoms with Gasteiger partial charge in [-0.25, -0.2) is 0 Å². The molecule has 122 valence electrons. The van der Waals surface area contributed by atoms with E-state index in [9.17, 15) is 8.42 Å².